The molecule has 5 nitrogen and oxygen atoms in total. The molecule has 2 heterocycles. The van der Waals surface area contributed by atoms with Crippen molar-refractivity contribution in [2.45, 2.75) is 51.2 Å². The van der Waals surface area contributed by atoms with E-state index in [1.165, 1.54) is 34.2 Å². The first-order valence-electron chi connectivity index (χ1n) is 10.1. The topological polar surface area (TPSA) is 64.0 Å². The third-order valence-electron chi connectivity index (χ3n) is 5.47. The number of hydrogen-bond acceptors (Lipinski definition) is 5. The van der Waals surface area contributed by atoms with Gasteiger partial charge in [0.25, 0.3) is 5.56 Å². The van der Waals surface area contributed by atoms with Crippen LogP contribution in [0.4, 0.5) is 5.69 Å². The number of carbonyl (C=O) groups excluding carboxylic acids is 1. The first-order chi connectivity index (χ1) is 14.5. The second-order valence-electron chi connectivity index (χ2n) is 7.63. The molecule has 3 aromatic rings. The Kier molecular flexibility index (Phi) is 6.11. The maximum Gasteiger partial charge on any atom is 0.263 e. The van der Waals surface area contributed by atoms with Crippen LogP contribution < -0.4 is 10.9 Å². The van der Waals surface area contributed by atoms with E-state index in [-0.39, 0.29) is 17.2 Å². The molecule has 1 amide bonds. The average Bonchev–Trinajstić information content (AvgIpc) is 3.10. The Morgan fingerprint density at radius 2 is 2.10 bits per heavy atom. The number of carbonyl (C=O) groups is 1. The summed E-state index contributed by atoms with van der Waals surface area (Å²) in [4.78, 5) is 32.6. The van der Waals surface area contributed by atoms with E-state index in [1.807, 2.05) is 32.0 Å². The van der Waals surface area contributed by atoms with Crippen molar-refractivity contribution in [3.05, 3.63) is 62.8 Å². The van der Waals surface area contributed by atoms with Crippen LogP contribution in [0.5, 0.6) is 0 Å². The molecule has 0 radical (unpaired) electrons. The molecule has 0 saturated heterocycles. The largest absolute Gasteiger partial charge is 0.325 e. The van der Waals surface area contributed by atoms with Crippen LogP contribution in [-0.4, -0.2) is 21.2 Å². The van der Waals surface area contributed by atoms with Crippen LogP contribution in [0.25, 0.3) is 10.2 Å². The predicted octanol–water partition coefficient (Wildman–Crippen LogP) is 4.87. The number of aromatic nitrogens is 2. The number of thiophene rings is 1. The highest BCUT2D eigenvalue weighted by Gasteiger charge is 2.22. The number of hydrogen-bond donors (Lipinski definition) is 1. The molecule has 1 aromatic carbocycles. The van der Waals surface area contributed by atoms with E-state index in [4.69, 9.17) is 4.98 Å². The number of thioether (sulfide) groups is 1. The molecule has 1 N–H and O–H groups in total. The molecule has 0 atom stereocenters. The van der Waals surface area contributed by atoms with E-state index in [2.05, 4.69) is 11.9 Å². The van der Waals surface area contributed by atoms with Crippen molar-refractivity contribution < 1.29 is 4.79 Å². The molecule has 0 saturated carbocycles. The zero-order valence-electron chi connectivity index (χ0n) is 17.3. The lowest BCUT2D eigenvalue weighted by molar-refractivity contribution is -0.113. The molecular weight excluding hydrogens is 414 g/mol. The summed E-state index contributed by atoms with van der Waals surface area (Å²) in [5, 5.41) is 4.27. The third-order valence-corrected chi connectivity index (χ3v) is 7.64. The minimum absolute atomic E-state index is 0.0173. The third kappa shape index (κ3) is 4.09. The van der Waals surface area contributed by atoms with Gasteiger partial charge in [0.05, 0.1) is 11.1 Å². The SMILES string of the molecule is C=CCn1c(SCC(=O)Nc2ccc(C)c(C)c2)nc2sc3c(c2c1=O)CCCC3. The number of fused-ring (bicyclic) bond motifs is 3. The van der Waals surface area contributed by atoms with E-state index in [9.17, 15) is 9.59 Å². The second kappa shape index (κ2) is 8.78. The van der Waals surface area contributed by atoms with Crippen LogP contribution in [0.1, 0.15) is 34.4 Å². The maximum absolute atomic E-state index is 13.2. The first-order valence-corrected chi connectivity index (χ1v) is 11.9. The van der Waals surface area contributed by atoms with Crippen molar-refractivity contribution in [1.29, 1.82) is 0 Å². The Bertz CT molecular complexity index is 1190. The first kappa shape index (κ1) is 20.9. The van der Waals surface area contributed by atoms with Crippen molar-refractivity contribution >= 4 is 44.9 Å². The monoisotopic (exact) mass is 439 g/mol. The summed E-state index contributed by atoms with van der Waals surface area (Å²) in [6.45, 7) is 8.23. The molecule has 1 aliphatic rings. The summed E-state index contributed by atoms with van der Waals surface area (Å²) in [6, 6.07) is 5.86. The summed E-state index contributed by atoms with van der Waals surface area (Å²) in [5.41, 5.74) is 4.26. The molecule has 1 aliphatic carbocycles. The van der Waals surface area contributed by atoms with Gasteiger partial charge >= 0.3 is 0 Å². The van der Waals surface area contributed by atoms with Gasteiger partial charge in [-0.25, -0.2) is 4.98 Å². The fourth-order valence-electron chi connectivity index (χ4n) is 3.77. The molecular formula is C23H25N3O2S2. The summed E-state index contributed by atoms with van der Waals surface area (Å²) < 4.78 is 1.64. The van der Waals surface area contributed by atoms with Gasteiger partial charge in [-0.15, -0.1) is 17.9 Å². The zero-order chi connectivity index (χ0) is 21.3. The number of nitrogens with one attached hydrogen (secondary N) is 1. The summed E-state index contributed by atoms with van der Waals surface area (Å²) in [7, 11) is 0. The van der Waals surface area contributed by atoms with E-state index >= 15 is 0 Å². The molecule has 30 heavy (non-hydrogen) atoms. The minimum Gasteiger partial charge on any atom is -0.325 e. The standard InChI is InChI=1S/C23H25N3O2S2/c1-4-11-26-22(28)20-17-7-5-6-8-18(17)30-21(20)25-23(26)29-13-19(27)24-16-10-9-14(2)15(3)12-16/h4,9-10,12H,1,5-8,11,13H2,2-3H3,(H,24,27). The van der Waals surface area contributed by atoms with Crippen molar-refractivity contribution in [2.75, 3.05) is 11.1 Å². The summed E-state index contributed by atoms with van der Waals surface area (Å²) >= 11 is 2.93. The highest BCUT2D eigenvalue weighted by atomic mass is 32.2. The second-order valence-corrected chi connectivity index (χ2v) is 9.65. The van der Waals surface area contributed by atoms with Crippen molar-refractivity contribution in [2.24, 2.45) is 0 Å². The van der Waals surface area contributed by atoms with E-state index in [0.29, 0.717) is 11.7 Å². The molecule has 2 aromatic heterocycles. The Hall–Kier alpha value is -2.38. The Labute approximate surface area is 184 Å². The van der Waals surface area contributed by atoms with Gasteiger partial charge in [0, 0.05) is 17.1 Å². The van der Waals surface area contributed by atoms with Crippen molar-refractivity contribution in [1.82, 2.24) is 9.55 Å². The number of rotatable bonds is 6. The summed E-state index contributed by atoms with van der Waals surface area (Å²) in [5.74, 6) is 0.0702. The number of allylic oxidation sites excluding steroid dienone is 1. The van der Waals surface area contributed by atoms with Gasteiger partial charge in [-0.3, -0.25) is 14.2 Å². The zero-order valence-corrected chi connectivity index (χ0v) is 18.9. The van der Waals surface area contributed by atoms with Gasteiger partial charge in [0.15, 0.2) is 5.16 Å². The molecule has 7 heteroatoms. The van der Waals surface area contributed by atoms with Gasteiger partial charge in [0.2, 0.25) is 5.91 Å². The molecule has 0 unspecified atom stereocenters. The molecule has 4 rings (SSSR count). The Balaban J connectivity index is 1.59. The number of anilines is 1. The quantitative estimate of drug-likeness (QED) is 0.338. The molecule has 0 bridgehead atoms. The van der Waals surface area contributed by atoms with E-state index in [0.717, 1.165) is 40.7 Å². The normalized spacial score (nSPS) is 13.3. The van der Waals surface area contributed by atoms with Crippen LogP contribution in [0.15, 0.2) is 40.8 Å². The van der Waals surface area contributed by atoms with Gasteiger partial charge in [-0.05, 0) is 68.4 Å². The molecule has 0 aliphatic heterocycles. The van der Waals surface area contributed by atoms with Crippen molar-refractivity contribution in [3.63, 3.8) is 0 Å². The van der Waals surface area contributed by atoms with Gasteiger partial charge in [-0.2, -0.15) is 0 Å². The average molecular weight is 440 g/mol. The fraction of sp³-hybridized carbons (Fsp3) is 0.348. The van der Waals surface area contributed by atoms with E-state index < -0.39 is 0 Å². The van der Waals surface area contributed by atoms with Gasteiger partial charge < -0.3 is 5.32 Å². The lowest BCUT2D eigenvalue weighted by Crippen LogP contribution is -2.24. The maximum atomic E-state index is 13.2. The van der Waals surface area contributed by atoms with Gasteiger partial charge in [-0.1, -0.05) is 23.9 Å². The number of benzene rings is 1. The predicted molar refractivity (Wildman–Crippen MR) is 126 cm³/mol. The van der Waals surface area contributed by atoms with Crippen LogP contribution in [0.3, 0.4) is 0 Å². The van der Waals surface area contributed by atoms with Crippen LogP contribution in [0, 0.1) is 13.8 Å². The minimum atomic E-state index is -0.117. The summed E-state index contributed by atoms with van der Waals surface area (Å²) in [6.07, 6.45) is 5.96. The number of aryl methyl sites for hydroxylation is 4. The fourth-order valence-corrected chi connectivity index (χ4v) is 5.88. The lowest BCUT2D eigenvalue weighted by Gasteiger charge is -2.12. The van der Waals surface area contributed by atoms with Crippen LogP contribution >= 0.6 is 23.1 Å². The van der Waals surface area contributed by atoms with Gasteiger partial charge in [0.1, 0.15) is 4.83 Å². The Morgan fingerprint density at radius 3 is 2.87 bits per heavy atom. The van der Waals surface area contributed by atoms with E-state index in [1.54, 1.807) is 22.0 Å². The van der Waals surface area contributed by atoms with Crippen molar-refractivity contribution in [3.8, 4) is 0 Å². The number of nitrogens with zero attached hydrogens (tertiary/aromatic N) is 2. The lowest BCUT2D eigenvalue weighted by atomic mass is 9.97. The van der Waals surface area contributed by atoms with Crippen LogP contribution in [0.2, 0.25) is 0 Å². The molecule has 0 fully saturated rings. The highest BCUT2D eigenvalue weighted by molar-refractivity contribution is 7.99. The smallest absolute Gasteiger partial charge is 0.263 e. The Morgan fingerprint density at radius 1 is 1.30 bits per heavy atom. The number of amides is 1. The molecule has 156 valence electrons. The highest BCUT2D eigenvalue weighted by Crippen LogP contribution is 2.34. The van der Waals surface area contributed by atoms with Crippen LogP contribution in [-0.2, 0) is 24.2 Å². The molecule has 0 spiro atoms.